The fourth-order valence-corrected chi connectivity index (χ4v) is 2.29. The molecule has 2 fully saturated rings. The SMILES string of the molecule is C[C@@H](CNC(=O)[C@H]1CCCO1)N1CCOCC1. The van der Waals surface area contributed by atoms with Gasteiger partial charge in [0.2, 0.25) is 5.91 Å². The maximum Gasteiger partial charge on any atom is 0.249 e. The highest BCUT2D eigenvalue weighted by Gasteiger charge is 2.24. The van der Waals surface area contributed by atoms with Crippen molar-refractivity contribution >= 4 is 5.91 Å². The number of nitrogens with one attached hydrogen (secondary N) is 1. The lowest BCUT2D eigenvalue weighted by atomic mass is 10.2. The summed E-state index contributed by atoms with van der Waals surface area (Å²) in [7, 11) is 0. The molecule has 1 N–H and O–H groups in total. The highest BCUT2D eigenvalue weighted by Crippen LogP contribution is 2.11. The molecule has 5 heteroatoms. The normalized spacial score (nSPS) is 27.9. The number of morpholine rings is 1. The molecule has 2 aliphatic rings. The molecule has 0 radical (unpaired) electrons. The molecule has 0 spiro atoms. The highest BCUT2D eigenvalue weighted by molar-refractivity contribution is 5.80. The van der Waals surface area contributed by atoms with Crippen molar-refractivity contribution in [1.82, 2.24) is 10.2 Å². The summed E-state index contributed by atoms with van der Waals surface area (Å²) in [5, 5.41) is 2.98. The van der Waals surface area contributed by atoms with Crippen LogP contribution < -0.4 is 5.32 Å². The van der Waals surface area contributed by atoms with Crippen molar-refractivity contribution in [2.45, 2.75) is 31.9 Å². The van der Waals surface area contributed by atoms with Crippen molar-refractivity contribution in [3.63, 3.8) is 0 Å². The van der Waals surface area contributed by atoms with Crippen molar-refractivity contribution in [1.29, 1.82) is 0 Å². The summed E-state index contributed by atoms with van der Waals surface area (Å²) in [6, 6.07) is 0.365. The number of hydrogen-bond donors (Lipinski definition) is 1. The molecule has 0 aromatic carbocycles. The van der Waals surface area contributed by atoms with Gasteiger partial charge in [0.25, 0.3) is 0 Å². The van der Waals surface area contributed by atoms with Crippen molar-refractivity contribution in [2.24, 2.45) is 0 Å². The van der Waals surface area contributed by atoms with E-state index in [4.69, 9.17) is 9.47 Å². The molecule has 2 heterocycles. The zero-order chi connectivity index (χ0) is 12.1. The molecule has 0 unspecified atom stereocenters. The van der Waals surface area contributed by atoms with Crippen LogP contribution in [0, 0.1) is 0 Å². The summed E-state index contributed by atoms with van der Waals surface area (Å²) in [6.07, 6.45) is 1.64. The standard InChI is InChI=1S/C12H22N2O3/c1-10(14-4-7-16-8-5-14)9-13-12(15)11-3-2-6-17-11/h10-11H,2-9H2,1H3,(H,13,15)/t10-,11+/m0/s1. The minimum atomic E-state index is -0.216. The van der Waals surface area contributed by atoms with Gasteiger partial charge in [0.05, 0.1) is 13.2 Å². The summed E-state index contributed by atoms with van der Waals surface area (Å²) >= 11 is 0. The minimum Gasteiger partial charge on any atom is -0.379 e. The van der Waals surface area contributed by atoms with Crippen LogP contribution in [-0.2, 0) is 14.3 Å². The predicted molar refractivity (Wildman–Crippen MR) is 63.8 cm³/mol. The van der Waals surface area contributed by atoms with Gasteiger partial charge in [0, 0.05) is 32.3 Å². The van der Waals surface area contributed by atoms with E-state index in [2.05, 4.69) is 17.1 Å². The van der Waals surface area contributed by atoms with Gasteiger partial charge in [-0.3, -0.25) is 9.69 Å². The molecule has 0 saturated carbocycles. The molecular weight excluding hydrogens is 220 g/mol. The summed E-state index contributed by atoms with van der Waals surface area (Å²) in [5.41, 5.74) is 0. The second kappa shape index (κ2) is 6.33. The van der Waals surface area contributed by atoms with Gasteiger partial charge >= 0.3 is 0 Å². The van der Waals surface area contributed by atoms with Crippen molar-refractivity contribution in [3.8, 4) is 0 Å². The third kappa shape index (κ3) is 3.66. The largest absolute Gasteiger partial charge is 0.379 e. The second-order valence-corrected chi connectivity index (χ2v) is 4.74. The predicted octanol–water partition coefficient (Wildman–Crippen LogP) is 0.00230. The Morgan fingerprint density at radius 2 is 2.18 bits per heavy atom. The van der Waals surface area contributed by atoms with E-state index in [1.54, 1.807) is 0 Å². The third-order valence-electron chi connectivity index (χ3n) is 3.46. The molecule has 2 rings (SSSR count). The van der Waals surface area contributed by atoms with Gasteiger partial charge in [-0.15, -0.1) is 0 Å². The van der Waals surface area contributed by atoms with Crippen LogP contribution in [0.3, 0.4) is 0 Å². The van der Waals surface area contributed by atoms with Gasteiger partial charge < -0.3 is 14.8 Å². The Balaban J connectivity index is 1.67. The number of nitrogens with zero attached hydrogens (tertiary/aromatic N) is 1. The zero-order valence-corrected chi connectivity index (χ0v) is 10.5. The van der Waals surface area contributed by atoms with E-state index in [1.807, 2.05) is 0 Å². The lowest BCUT2D eigenvalue weighted by Gasteiger charge is -2.32. The average Bonchev–Trinajstić information content (AvgIpc) is 2.90. The van der Waals surface area contributed by atoms with Crippen LogP contribution >= 0.6 is 0 Å². The van der Waals surface area contributed by atoms with Gasteiger partial charge in [-0.05, 0) is 19.8 Å². The topological polar surface area (TPSA) is 50.8 Å². The number of hydrogen-bond acceptors (Lipinski definition) is 4. The fourth-order valence-electron chi connectivity index (χ4n) is 2.29. The average molecular weight is 242 g/mol. The van der Waals surface area contributed by atoms with E-state index in [1.165, 1.54) is 0 Å². The van der Waals surface area contributed by atoms with Crippen LogP contribution in [0.2, 0.25) is 0 Å². The monoisotopic (exact) mass is 242 g/mol. The summed E-state index contributed by atoms with van der Waals surface area (Å²) in [5.74, 6) is 0.0441. The smallest absolute Gasteiger partial charge is 0.249 e. The van der Waals surface area contributed by atoms with Crippen molar-refractivity contribution in [3.05, 3.63) is 0 Å². The van der Waals surface area contributed by atoms with E-state index >= 15 is 0 Å². The minimum absolute atomic E-state index is 0.0441. The Kier molecular flexibility index (Phi) is 4.76. The molecule has 0 aromatic heterocycles. The van der Waals surface area contributed by atoms with Gasteiger partial charge in [0.1, 0.15) is 6.10 Å². The van der Waals surface area contributed by atoms with Crippen LogP contribution in [0.4, 0.5) is 0 Å². The van der Waals surface area contributed by atoms with E-state index in [0.29, 0.717) is 12.6 Å². The first-order valence-electron chi connectivity index (χ1n) is 6.48. The van der Waals surface area contributed by atoms with Crippen LogP contribution in [0.1, 0.15) is 19.8 Å². The highest BCUT2D eigenvalue weighted by atomic mass is 16.5. The maximum absolute atomic E-state index is 11.8. The lowest BCUT2D eigenvalue weighted by Crippen LogP contribution is -2.48. The lowest BCUT2D eigenvalue weighted by molar-refractivity contribution is -0.130. The Hall–Kier alpha value is -0.650. The first-order chi connectivity index (χ1) is 8.27. The third-order valence-corrected chi connectivity index (χ3v) is 3.46. The Morgan fingerprint density at radius 3 is 2.82 bits per heavy atom. The molecular formula is C12H22N2O3. The Morgan fingerprint density at radius 1 is 1.41 bits per heavy atom. The number of amides is 1. The van der Waals surface area contributed by atoms with Gasteiger partial charge in [0.15, 0.2) is 0 Å². The van der Waals surface area contributed by atoms with E-state index in [0.717, 1.165) is 45.8 Å². The van der Waals surface area contributed by atoms with Gasteiger partial charge in [-0.25, -0.2) is 0 Å². The van der Waals surface area contributed by atoms with Crippen LogP contribution in [0.25, 0.3) is 0 Å². The molecule has 0 bridgehead atoms. The number of ether oxygens (including phenoxy) is 2. The Bertz CT molecular complexity index is 248. The molecule has 2 atom stereocenters. The number of carbonyl (C=O) groups is 1. The fraction of sp³-hybridized carbons (Fsp3) is 0.917. The first kappa shape index (κ1) is 12.8. The van der Waals surface area contributed by atoms with Crippen LogP contribution in [0.5, 0.6) is 0 Å². The molecule has 0 aliphatic carbocycles. The molecule has 2 aliphatic heterocycles. The van der Waals surface area contributed by atoms with Gasteiger partial charge in [-0.1, -0.05) is 0 Å². The van der Waals surface area contributed by atoms with E-state index in [9.17, 15) is 4.79 Å². The summed E-state index contributed by atoms with van der Waals surface area (Å²) in [6.45, 7) is 7.05. The van der Waals surface area contributed by atoms with Crippen molar-refractivity contribution < 1.29 is 14.3 Å². The number of carbonyl (C=O) groups excluding carboxylic acids is 1. The van der Waals surface area contributed by atoms with Crippen molar-refractivity contribution in [2.75, 3.05) is 39.5 Å². The molecule has 1 amide bonds. The van der Waals surface area contributed by atoms with E-state index < -0.39 is 0 Å². The maximum atomic E-state index is 11.8. The molecule has 98 valence electrons. The number of rotatable bonds is 4. The van der Waals surface area contributed by atoms with Crippen LogP contribution in [-0.4, -0.2) is 62.4 Å². The summed E-state index contributed by atoms with van der Waals surface area (Å²) < 4.78 is 10.7. The Labute approximate surface area is 102 Å². The second-order valence-electron chi connectivity index (χ2n) is 4.74. The molecule has 5 nitrogen and oxygen atoms in total. The molecule has 17 heavy (non-hydrogen) atoms. The summed E-state index contributed by atoms with van der Waals surface area (Å²) in [4.78, 5) is 14.1. The zero-order valence-electron chi connectivity index (χ0n) is 10.5. The first-order valence-corrected chi connectivity index (χ1v) is 6.48. The van der Waals surface area contributed by atoms with Gasteiger partial charge in [-0.2, -0.15) is 0 Å². The molecule has 2 saturated heterocycles. The van der Waals surface area contributed by atoms with Crippen LogP contribution in [0.15, 0.2) is 0 Å². The molecule has 0 aromatic rings. The van der Waals surface area contributed by atoms with E-state index in [-0.39, 0.29) is 12.0 Å². The quantitative estimate of drug-likeness (QED) is 0.754.